The van der Waals surface area contributed by atoms with Crippen molar-refractivity contribution in [3.63, 3.8) is 0 Å². The zero-order chi connectivity index (χ0) is 27.7. The summed E-state index contributed by atoms with van der Waals surface area (Å²) in [5.41, 5.74) is 9.36. The molecule has 7 nitrogen and oxygen atoms in total. The highest BCUT2D eigenvalue weighted by Gasteiger charge is 2.37. The molecular weight excluding hydrogens is 524 g/mol. The van der Waals surface area contributed by atoms with Crippen LogP contribution in [0.1, 0.15) is 29.5 Å². The first-order chi connectivity index (χ1) is 19.4. The van der Waals surface area contributed by atoms with E-state index in [1.54, 1.807) is 24.4 Å². The number of halogens is 2. The second kappa shape index (κ2) is 10.7. The number of nitrogens with one attached hydrogen (secondary N) is 4. The first-order valence-electron chi connectivity index (χ1n) is 13.1. The average Bonchev–Trinajstić information content (AvgIpc) is 3.69. The number of hydrogen-bond acceptors (Lipinski definition) is 7. The molecule has 1 aliphatic carbocycles. The van der Waals surface area contributed by atoms with Crippen LogP contribution in [0.15, 0.2) is 85.0 Å². The molecule has 0 spiro atoms. The van der Waals surface area contributed by atoms with Crippen molar-refractivity contribution in [3.8, 4) is 6.07 Å². The predicted molar refractivity (Wildman–Crippen MR) is 157 cm³/mol. The van der Waals surface area contributed by atoms with E-state index in [0.29, 0.717) is 45.8 Å². The normalized spacial score (nSPS) is 16.1. The Hall–Kier alpha value is -4.26. The fraction of sp³-hybridized carbons (Fsp3) is 0.200. The highest BCUT2D eigenvalue weighted by atomic mass is 35.5. The Bertz CT molecular complexity index is 1620. The summed E-state index contributed by atoms with van der Waals surface area (Å²) in [5.74, 6) is -0.350. The molecule has 0 amide bonds. The van der Waals surface area contributed by atoms with E-state index in [1.807, 2.05) is 47.7 Å². The van der Waals surface area contributed by atoms with Crippen molar-refractivity contribution in [1.82, 2.24) is 21.0 Å². The smallest absolute Gasteiger partial charge is 0.123 e. The Kier molecular flexibility index (Phi) is 6.97. The molecule has 2 radical (unpaired) electrons. The Morgan fingerprint density at radius 1 is 1.15 bits per heavy atom. The van der Waals surface area contributed by atoms with Crippen LogP contribution in [0.3, 0.4) is 0 Å². The SMILES string of the molecule is [B]C(Nc1cc(Cl)c2ccc(C#N)c(NCCc3cccnc3)c2c1)(C1=CN(C2CC2)NN1)c1ccc(F)cc1. The molecule has 3 aromatic carbocycles. The molecule has 2 aliphatic rings. The summed E-state index contributed by atoms with van der Waals surface area (Å²) in [5, 5.41) is 20.9. The summed E-state index contributed by atoms with van der Waals surface area (Å²) in [6.45, 7) is 0.602. The number of fused-ring (bicyclic) bond motifs is 1. The van der Waals surface area contributed by atoms with E-state index in [1.165, 1.54) is 12.1 Å². The zero-order valence-corrected chi connectivity index (χ0v) is 22.3. The molecule has 1 aromatic heterocycles. The molecule has 10 heteroatoms. The molecule has 4 N–H and O–H groups in total. The van der Waals surface area contributed by atoms with Crippen LogP contribution in [0.25, 0.3) is 10.8 Å². The number of pyridine rings is 1. The van der Waals surface area contributed by atoms with Gasteiger partial charge in [0.25, 0.3) is 0 Å². The van der Waals surface area contributed by atoms with E-state index in [-0.39, 0.29) is 5.82 Å². The second-order valence-corrected chi connectivity index (χ2v) is 10.5. The van der Waals surface area contributed by atoms with Crippen molar-refractivity contribution < 1.29 is 4.39 Å². The lowest BCUT2D eigenvalue weighted by molar-refractivity contribution is 0.260. The summed E-state index contributed by atoms with van der Waals surface area (Å²) < 4.78 is 13.8. The molecule has 0 saturated heterocycles. The molecule has 1 aliphatic heterocycles. The van der Waals surface area contributed by atoms with Gasteiger partial charge in [-0.3, -0.25) is 9.99 Å². The number of nitrogens with zero attached hydrogens (tertiary/aromatic N) is 3. The van der Waals surface area contributed by atoms with Gasteiger partial charge in [-0.05, 0) is 66.8 Å². The van der Waals surface area contributed by atoms with Gasteiger partial charge in [0, 0.05) is 47.6 Å². The molecule has 1 fully saturated rings. The van der Waals surface area contributed by atoms with E-state index < -0.39 is 5.44 Å². The molecule has 1 unspecified atom stereocenters. The lowest BCUT2D eigenvalue weighted by Gasteiger charge is -2.34. The van der Waals surface area contributed by atoms with Crippen LogP contribution < -0.4 is 21.6 Å². The summed E-state index contributed by atoms with van der Waals surface area (Å²) in [6.07, 6.45) is 8.44. The number of benzene rings is 3. The molecule has 40 heavy (non-hydrogen) atoms. The predicted octanol–water partition coefficient (Wildman–Crippen LogP) is 5.32. The second-order valence-electron chi connectivity index (χ2n) is 10.0. The van der Waals surface area contributed by atoms with Crippen molar-refractivity contribution in [1.29, 1.82) is 5.26 Å². The molecule has 1 atom stereocenters. The highest BCUT2D eigenvalue weighted by Crippen LogP contribution is 2.39. The van der Waals surface area contributed by atoms with E-state index >= 15 is 0 Å². The van der Waals surface area contributed by atoms with Gasteiger partial charge in [-0.25, -0.2) is 4.39 Å². The topological polar surface area (TPSA) is 88.0 Å². The van der Waals surface area contributed by atoms with Crippen LogP contribution in [0.5, 0.6) is 0 Å². The number of hydrogen-bond donors (Lipinski definition) is 4. The fourth-order valence-corrected chi connectivity index (χ4v) is 5.22. The lowest BCUT2D eigenvalue weighted by atomic mass is 9.69. The van der Waals surface area contributed by atoms with Crippen molar-refractivity contribution in [2.24, 2.45) is 0 Å². The summed E-state index contributed by atoms with van der Waals surface area (Å²) >= 11 is 6.79. The van der Waals surface area contributed by atoms with E-state index in [0.717, 1.165) is 35.6 Å². The summed E-state index contributed by atoms with van der Waals surface area (Å²) in [7, 11) is 7.07. The van der Waals surface area contributed by atoms with Gasteiger partial charge in [-0.15, -0.1) is 5.53 Å². The van der Waals surface area contributed by atoms with Crippen LogP contribution in [0.2, 0.25) is 5.02 Å². The first-order valence-corrected chi connectivity index (χ1v) is 13.5. The maximum absolute atomic E-state index is 13.8. The van der Waals surface area contributed by atoms with Crippen molar-refractivity contribution in [2.45, 2.75) is 30.7 Å². The number of aromatic nitrogens is 1. The van der Waals surface area contributed by atoms with Crippen molar-refractivity contribution in [3.05, 3.63) is 112 Å². The maximum Gasteiger partial charge on any atom is 0.123 e. The third kappa shape index (κ3) is 5.16. The minimum Gasteiger partial charge on any atom is -0.383 e. The zero-order valence-electron chi connectivity index (χ0n) is 21.6. The average molecular weight is 550 g/mol. The van der Waals surface area contributed by atoms with Gasteiger partial charge in [0.05, 0.1) is 27.4 Å². The lowest BCUT2D eigenvalue weighted by Crippen LogP contribution is -2.45. The maximum atomic E-state index is 13.8. The van der Waals surface area contributed by atoms with Crippen molar-refractivity contribution >= 4 is 41.6 Å². The summed E-state index contributed by atoms with van der Waals surface area (Å²) in [6, 6.07) is 20.1. The fourth-order valence-electron chi connectivity index (χ4n) is 4.94. The van der Waals surface area contributed by atoms with Gasteiger partial charge < -0.3 is 16.1 Å². The van der Waals surface area contributed by atoms with E-state index in [9.17, 15) is 9.65 Å². The van der Waals surface area contributed by atoms with Crippen LogP contribution in [0, 0.1) is 17.1 Å². The van der Waals surface area contributed by atoms with Gasteiger partial charge in [-0.1, -0.05) is 35.9 Å². The number of rotatable bonds is 9. The number of nitriles is 1. The third-order valence-corrected chi connectivity index (χ3v) is 7.55. The van der Waals surface area contributed by atoms with Gasteiger partial charge >= 0.3 is 0 Å². The van der Waals surface area contributed by atoms with Gasteiger partial charge in [0.1, 0.15) is 19.7 Å². The van der Waals surface area contributed by atoms with Crippen molar-refractivity contribution in [2.75, 3.05) is 17.2 Å². The van der Waals surface area contributed by atoms with Gasteiger partial charge in [0.15, 0.2) is 0 Å². The van der Waals surface area contributed by atoms with Gasteiger partial charge in [-0.2, -0.15) is 5.26 Å². The van der Waals surface area contributed by atoms with E-state index in [2.05, 4.69) is 32.6 Å². The molecule has 6 rings (SSSR count). The molecule has 198 valence electrons. The number of hydrazine groups is 2. The molecule has 1 saturated carbocycles. The van der Waals surface area contributed by atoms with Crippen LogP contribution in [-0.4, -0.2) is 30.4 Å². The minimum absolute atomic E-state index is 0.350. The Labute approximate surface area is 238 Å². The third-order valence-electron chi connectivity index (χ3n) is 7.24. The quantitative estimate of drug-likeness (QED) is 0.210. The minimum atomic E-state index is -1.25. The standard InChI is InChI=1S/C30H26BClFN7/c31-30(21-4-6-22(33)7-5-21,28-18-40(39-38-28)24-8-9-24)37-23-14-26-25(27(32)15-23)10-3-20(16-34)29(26)36-13-11-19-2-1-12-35-17-19/h1-7,10,12,14-15,17-18,24,36-39H,8-9,11,13H2. The molecule has 4 aromatic rings. The molecule has 2 heterocycles. The monoisotopic (exact) mass is 549 g/mol. The first kappa shape index (κ1) is 26.0. The van der Waals surface area contributed by atoms with E-state index in [4.69, 9.17) is 19.4 Å². The van der Waals surface area contributed by atoms with Crippen LogP contribution in [-0.2, 0) is 11.9 Å². The highest BCUT2D eigenvalue weighted by molar-refractivity contribution is 6.36. The Morgan fingerprint density at radius 3 is 2.70 bits per heavy atom. The molecule has 0 bridgehead atoms. The van der Waals surface area contributed by atoms with Crippen LogP contribution in [0.4, 0.5) is 15.8 Å². The Balaban J connectivity index is 1.38. The summed E-state index contributed by atoms with van der Waals surface area (Å²) in [4.78, 5) is 4.18. The van der Waals surface area contributed by atoms with Crippen LogP contribution >= 0.6 is 11.6 Å². The Morgan fingerprint density at radius 2 is 1.98 bits per heavy atom. The molecular formula is C30H26BClFN7. The van der Waals surface area contributed by atoms with Gasteiger partial charge in [0.2, 0.25) is 0 Å². The largest absolute Gasteiger partial charge is 0.383 e. The number of anilines is 2.